The lowest BCUT2D eigenvalue weighted by Crippen LogP contribution is -1.99. The number of aryl methyl sites for hydroxylation is 2. The Balaban J connectivity index is 1.85. The predicted molar refractivity (Wildman–Crippen MR) is 103 cm³/mol. The first-order valence-electron chi connectivity index (χ1n) is 9.85. The summed E-state index contributed by atoms with van der Waals surface area (Å²) < 4.78 is 14.3. The third-order valence-electron chi connectivity index (χ3n) is 4.61. The highest BCUT2D eigenvalue weighted by atomic mass is 19.1. The van der Waals surface area contributed by atoms with E-state index >= 15 is 0 Å². The van der Waals surface area contributed by atoms with Gasteiger partial charge in [0.25, 0.3) is 0 Å². The summed E-state index contributed by atoms with van der Waals surface area (Å²) in [5.41, 5.74) is 2.81. The van der Waals surface area contributed by atoms with E-state index in [1.807, 2.05) is 12.1 Å². The number of hydrogen-bond acceptors (Lipinski definition) is 2. The van der Waals surface area contributed by atoms with Gasteiger partial charge in [-0.1, -0.05) is 83.1 Å². The Labute approximate surface area is 151 Å². The van der Waals surface area contributed by atoms with Gasteiger partial charge < -0.3 is 0 Å². The van der Waals surface area contributed by atoms with Crippen LogP contribution in [0.3, 0.4) is 0 Å². The highest BCUT2D eigenvalue weighted by Crippen LogP contribution is 2.19. The third kappa shape index (κ3) is 6.56. The Kier molecular flexibility index (Phi) is 8.58. The Bertz CT molecular complexity index is 622. The van der Waals surface area contributed by atoms with Gasteiger partial charge in [-0.3, -0.25) is 0 Å². The molecule has 25 heavy (non-hydrogen) atoms. The minimum Gasteiger partial charge on any atom is -0.236 e. The first-order valence-corrected chi connectivity index (χ1v) is 9.85. The van der Waals surface area contributed by atoms with Gasteiger partial charge in [0.05, 0.1) is 0 Å². The van der Waals surface area contributed by atoms with Gasteiger partial charge in [0.2, 0.25) is 5.95 Å². The maximum atomic E-state index is 14.3. The van der Waals surface area contributed by atoms with Gasteiger partial charge in [0.15, 0.2) is 5.82 Å². The molecule has 0 fully saturated rings. The summed E-state index contributed by atoms with van der Waals surface area (Å²) in [6, 6.07) is 8.12. The molecule has 0 aliphatic rings. The van der Waals surface area contributed by atoms with Gasteiger partial charge in [-0.25, -0.2) is 4.98 Å². The number of nitrogens with zero attached hydrogens (tertiary/aromatic N) is 2. The topological polar surface area (TPSA) is 25.8 Å². The van der Waals surface area contributed by atoms with Crippen molar-refractivity contribution < 1.29 is 4.39 Å². The molecule has 3 heteroatoms. The second-order valence-electron chi connectivity index (χ2n) is 6.83. The summed E-state index contributed by atoms with van der Waals surface area (Å²) in [6.45, 7) is 4.39. The van der Waals surface area contributed by atoms with Crippen LogP contribution in [-0.2, 0) is 12.8 Å². The van der Waals surface area contributed by atoms with Gasteiger partial charge in [0.1, 0.15) is 0 Å². The standard InChI is InChI=1S/C22H31FN2/c1-3-5-6-7-8-9-10-12-20-17-24-22(25-21(20)23)19-15-13-18(11-4-2)14-16-19/h13-17H,3-12H2,1-2H3. The molecule has 2 aromatic rings. The van der Waals surface area contributed by atoms with Crippen LogP contribution in [0.2, 0.25) is 0 Å². The maximum Gasteiger partial charge on any atom is 0.219 e. The SMILES string of the molecule is CCCCCCCCCc1cnc(-c2ccc(CCC)cc2)nc1F. The van der Waals surface area contributed by atoms with Gasteiger partial charge in [-0.05, 0) is 24.8 Å². The van der Waals surface area contributed by atoms with E-state index in [9.17, 15) is 4.39 Å². The monoisotopic (exact) mass is 342 g/mol. The second kappa shape index (κ2) is 11.0. The zero-order valence-corrected chi connectivity index (χ0v) is 15.7. The van der Waals surface area contributed by atoms with E-state index in [0.29, 0.717) is 11.4 Å². The highest BCUT2D eigenvalue weighted by molar-refractivity contribution is 5.55. The van der Waals surface area contributed by atoms with Crippen LogP contribution in [-0.4, -0.2) is 9.97 Å². The number of hydrogen-bond donors (Lipinski definition) is 0. The lowest BCUT2D eigenvalue weighted by molar-refractivity contribution is 0.547. The van der Waals surface area contributed by atoms with Crippen LogP contribution >= 0.6 is 0 Å². The molecule has 0 aliphatic carbocycles. The molecule has 136 valence electrons. The molecule has 1 aromatic heterocycles. The van der Waals surface area contributed by atoms with Crippen LogP contribution < -0.4 is 0 Å². The van der Waals surface area contributed by atoms with E-state index in [1.54, 1.807) is 6.20 Å². The molecule has 0 bridgehead atoms. The van der Waals surface area contributed by atoms with E-state index in [-0.39, 0.29) is 5.95 Å². The number of halogens is 1. The van der Waals surface area contributed by atoms with Gasteiger partial charge in [-0.15, -0.1) is 0 Å². The molecule has 0 amide bonds. The Morgan fingerprint density at radius 2 is 1.48 bits per heavy atom. The van der Waals surface area contributed by atoms with E-state index in [0.717, 1.165) is 37.7 Å². The zero-order chi connectivity index (χ0) is 17.9. The summed E-state index contributed by atoms with van der Waals surface area (Å²) in [4.78, 5) is 8.45. The predicted octanol–water partition coefficient (Wildman–Crippen LogP) is 6.53. The number of unbranched alkanes of at least 4 members (excludes halogenated alkanes) is 6. The molecule has 0 N–H and O–H groups in total. The summed E-state index contributed by atoms with van der Waals surface area (Å²) in [6.07, 6.45) is 13.2. The average Bonchev–Trinajstić information content (AvgIpc) is 2.63. The maximum absolute atomic E-state index is 14.3. The molecule has 0 atom stereocenters. The van der Waals surface area contributed by atoms with Crippen LogP contribution in [0.15, 0.2) is 30.5 Å². The first kappa shape index (κ1) is 19.6. The molecule has 1 aromatic carbocycles. The summed E-state index contributed by atoms with van der Waals surface area (Å²) in [5, 5.41) is 0. The molecule has 0 aliphatic heterocycles. The van der Waals surface area contributed by atoms with Crippen molar-refractivity contribution in [2.45, 2.75) is 78.1 Å². The molecular formula is C22H31FN2. The smallest absolute Gasteiger partial charge is 0.219 e. The van der Waals surface area contributed by atoms with Crippen molar-refractivity contribution in [3.63, 3.8) is 0 Å². The molecule has 0 saturated carbocycles. The van der Waals surface area contributed by atoms with Crippen molar-refractivity contribution in [3.8, 4) is 11.4 Å². The van der Waals surface area contributed by atoms with E-state index < -0.39 is 0 Å². The molecule has 2 rings (SSSR count). The van der Waals surface area contributed by atoms with Gasteiger partial charge >= 0.3 is 0 Å². The Morgan fingerprint density at radius 1 is 0.800 bits per heavy atom. The molecule has 2 nitrogen and oxygen atoms in total. The summed E-state index contributed by atoms with van der Waals surface area (Å²) in [7, 11) is 0. The van der Waals surface area contributed by atoms with Gasteiger partial charge in [-0.2, -0.15) is 9.37 Å². The highest BCUT2D eigenvalue weighted by Gasteiger charge is 2.08. The average molecular weight is 343 g/mol. The number of aromatic nitrogens is 2. The lowest BCUT2D eigenvalue weighted by atomic mass is 10.1. The molecule has 0 spiro atoms. The molecule has 1 heterocycles. The second-order valence-corrected chi connectivity index (χ2v) is 6.83. The zero-order valence-electron chi connectivity index (χ0n) is 15.7. The molecule has 0 radical (unpaired) electrons. The van der Waals surface area contributed by atoms with Crippen molar-refractivity contribution in [1.29, 1.82) is 0 Å². The first-order chi connectivity index (χ1) is 12.2. The fourth-order valence-corrected chi connectivity index (χ4v) is 3.07. The molecule has 0 unspecified atom stereocenters. The van der Waals surface area contributed by atoms with Crippen LogP contribution in [0.1, 0.15) is 76.3 Å². The summed E-state index contributed by atoms with van der Waals surface area (Å²) in [5.74, 6) is 0.109. The summed E-state index contributed by atoms with van der Waals surface area (Å²) >= 11 is 0. The van der Waals surface area contributed by atoms with Crippen LogP contribution in [0.4, 0.5) is 4.39 Å². The minimum atomic E-state index is -0.367. The Morgan fingerprint density at radius 3 is 2.12 bits per heavy atom. The van der Waals surface area contributed by atoms with Gasteiger partial charge in [0, 0.05) is 17.3 Å². The Hall–Kier alpha value is -1.77. The minimum absolute atomic E-state index is 0.367. The molecular weight excluding hydrogens is 311 g/mol. The quantitative estimate of drug-likeness (QED) is 0.343. The van der Waals surface area contributed by atoms with Crippen LogP contribution in [0.5, 0.6) is 0 Å². The van der Waals surface area contributed by atoms with Crippen molar-refractivity contribution in [3.05, 3.63) is 47.5 Å². The fourth-order valence-electron chi connectivity index (χ4n) is 3.07. The van der Waals surface area contributed by atoms with Crippen molar-refractivity contribution in [2.75, 3.05) is 0 Å². The lowest BCUT2D eigenvalue weighted by Gasteiger charge is -2.06. The number of benzene rings is 1. The third-order valence-corrected chi connectivity index (χ3v) is 4.61. The van der Waals surface area contributed by atoms with E-state index in [4.69, 9.17) is 0 Å². The van der Waals surface area contributed by atoms with E-state index in [1.165, 1.54) is 37.7 Å². The fraction of sp³-hybridized carbons (Fsp3) is 0.545. The van der Waals surface area contributed by atoms with E-state index in [2.05, 4.69) is 35.9 Å². The largest absolute Gasteiger partial charge is 0.236 e. The van der Waals surface area contributed by atoms with Crippen molar-refractivity contribution in [1.82, 2.24) is 9.97 Å². The van der Waals surface area contributed by atoms with Crippen LogP contribution in [0.25, 0.3) is 11.4 Å². The van der Waals surface area contributed by atoms with Crippen molar-refractivity contribution >= 4 is 0 Å². The normalized spacial score (nSPS) is 11.0. The van der Waals surface area contributed by atoms with Crippen molar-refractivity contribution in [2.24, 2.45) is 0 Å². The molecule has 0 saturated heterocycles. The van der Waals surface area contributed by atoms with Crippen LogP contribution in [0, 0.1) is 5.95 Å². The number of rotatable bonds is 11.